The molecule has 1 saturated heterocycles. The number of hydrogen-bond acceptors (Lipinski definition) is 4. The summed E-state index contributed by atoms with van der Waals surface area (Å²) in [5.74, 6) is -0.423. The summed E-state index contributed by atoms with van der Waals surface area (Å²) in [5, 5.41) is 2.86. The van der Waals surface area contributed by atoms with Crippen molar-refractivity contribution in [3.8, 4) is 0 Å². The second-order valence-electron chi connectivity index (χ2n) is 6.45. The number of thiocarbonyl (C=S) groups is 1. The average molecular weight is 411 g/mol. The first-order chi connectivity index (χ1) is 13.6. The van der Waals surface area contributed by atoms with Gasteiger partial charge in [0.2, 0.25) is 5.91 Å². The van der Waals surface area contributed by atoms with Gasteiger partial charge in [-0.1, -0.05) is 85.5 Å². The van der Waals surface area contributed by atoms with Crippen molar-refractivity contribution in [2.45, 2.75) is 19.8 Å². The molecule has 3 rings (SSSR count). The highest BCUT2D eigenvalue weighted by Gasteiger charge is 2.33. The average Bonchev–Trinajstić information content (AvgIpc) is 2.97. The van der Waals surface area contributed by atoms with E-state index in [0.717, 1.165) is 24.0 Å². The van der Waals surface area contributed by atoms with Gasteiger partial charge in [0.15, 0.2) is 0 Å². The van der Waals surface area contributed by atoms with Crippen molar-refractivity contribution in [2.24, 2.45) is 0 Å². The first-order valence-electron chi connectivity index (χ1n) is 9.21. The van der Waals surface area contributed by atoms with Crippen LogP contribution in [0, 0.1) is 0 Å². The number of benzene rings is 2. The number of nitrogens with zero attached hydrogens (tertiary/aromatic N) is 1. The predicted molar refractivity (Wildman–Crippen MR) is 119 cm³/mol. The number of thioether (sulfide) groups is 1. The zero-order valence-corrected chi connectivity index (χ0v) is 17.3. The second kappa shape index (κ2) is 9.66. The van der Waals surface area contributed by atoms with Gasteiger partial charge < -0.3 is 5.32 Å². The maximum absolute atomic E-state index is 12.6. The predicted octanol–water partition coefficient (Wildman–Crippen LogP) is 3.81. The number of carbonyl (C=O) groups excluding carboxylic acids is 2. The number of carbonyl (C=O) groups is 2. The van der Waals surface area contributed by atoms with Crippen LogP contribution >= 0.6 is 24.0 Å². The van der Waals surface area contributed by atoms with Gasteiger partial charge in [0.25, 0.3) is 5.91 Å². The molecule has 0 unspecified atom stereocenters. The Morgan fingerprint density at radius 3 is 2.50 bits per heavy atom. The van der Waals surface area contributed by atoms with Gasteiger partial charge >= 0.3 is 0 Å². The Morgan fingerprint density at radius 1 is 1.11 bits per heavy atom. The molecule has 2 aromatic carbocycles. The van der Waals surface area contributed by atoms with E-state index < -0.39 is 0 Å². The minimum atomic E-state index is -0.215. The van der Waals surface area contributed by atoms with E-state index in [4.69, 9.17) is 12.2 Å². The molecule has 0 spiro atoms. The molecule has 2 aromatic rings. The summed E-state index contributed by atoms with van der Waals surface area (Å²) in [4.78, 5) is 26.8. The van der Waals surface area contributed by atoms with Crippen molar-refractivity contribution in [3.63, 3.8) is 0 Å². The monoisotopic (exact) mass is 410 g/mol. The van der Waals surface area contributed by atoms with E-state index >= 15 is 0 Å². The minimum absolute atomic E-state index is 0.0500. The molecule has 1 fully saturated rings. The van der Waals surface area contributed by atoms with Crippen LogP contribution in [-0.2, 0) is 22.4 Å². The molecule has 4 nitrogen and oxygen atoms in total. The zero-order chi connectivity index (χ0) is 19.9. The van der Waals surface area contributed by atoms with Crippen molar-refractivity contribution in [3.05, 3.63) is 76.2 Å². The maximum Gasteiger partial charge on any atom is 0.266 e. The third-order valence-corrected chi connectivity index (χ3v) is 5.82. The highest BCUT2D eigenvalue weighted by Crippen LogP contribution is 2.32. The molecule has 1 aliphatic heterocycles. The lowest BCUT2D eigenvalue weighted by Gasteiger charge is -2.14. The van der Waals surface area contributed by atoms with Gasteiger partial charge in [-0.15, -0.1) is 0 Å². The van der Waals surface area contributed by atoms with Crippen molar-refractivity contribution in [1.29, 1.82) is 0 Å². The molecule has 0 saturated carbocycles. The Hall–Kier alpha value is -2.44. The number of amides is 2. The third-order valence-electron chi connectivity index (χ3n) is 4.44. The lowest BCUT2D eigenvalue weighted by molar-refractivity contribution is -0.128. The number of nitrogens with one attached hydrogen (secondary N) is 1. The fourth-order valence-corrected chi connectivity index (χ4v) is 4.08. The summed E-state index contributed by atoms with van der Waals surface area (Å²) < 4.78 is 0.416. The van der Waals surface area contributed by atoms with Crippen molar-refractivity contribution in [2.75, 3.05) is 13.1 Å². The molecule has 0 bridgehead atoms. The fraction of sp³-hybridized carbons (Fsp3) is 0.227. The Balaban J connectivity index is 1.55. The molecule has 1 N–H and O–H groups in total. The van der Waals surface area contributed by atoms with E-state index in [0.29, 0.717) is 15.8 Å². The Morgan fingerprint density at radius 2 is 1.82 bits per heavy atom. The first kappa shape index (κ1) is 20.3. The lowest BCUT2D eigenvalue weighted by Crippen LogP contribution is -2.40. The Kier molecular flexibility index (Phi) is 7.01. The van der Waals surface area contributed by atoms with Gasteiger partial charge in [-0.3, -0.25) is 14.5 Å². The molecule has 1 aliphatic rings. The van der Waals surface area contributed by atoms with Crippen LogP contribution in [0.25, 0.3) is 6.08 Å². The van der Waals surface area contributed by atoms with Gasteiger partial charge in [0.05, 0.1) is 4.91 Å². The molecule has 2 amide bonds. The number of aryl methyl sites for hydroxylation is 1. The zero-order valence-electron chi connectivity index (χ0n) is 15.7. The van der Waals surface area contributed by atoms with E-state index in [-0.39, 0.29) is 18.4 Å². The van der Waals surface area contributed by atoms with Crippen LogP contribution in [0.2, 0.25) is 0 Å². The SMILES string of the molecule is CCc1ccc(/C=C2/SC(=S)N(CC(=O)NCCc3ccccc3)C2=O)cc1. The van der Waals surface area contributed by atoms with E-state index in [1.165, 1.54) is 22.2 Å². The normalized spacial score (nSPS) is 15.3. The third kappa shape index (κ3) is 5.30. The smallest absolute Gasteiger partial charge is 0.266 e. The second-order valence-corrected chi connectivity index (χ2v) is 8.12. The largest absolute Gasteiger partial charge is 0.354 e. The summed E-state index contributed by atoms with van der Waals surface area (Å²) in [5.41, 5.74) is 3.35. The van der Waals surface area contributed by atoms with Crippen LogP contribution < -0.4 is 5.32 Å². The van der Waals surface area contributed by atoms with Crippen LogP contribution in [0.3, 0.4) is 0 Å². The maximum atomic E-state index is 12.6. The summed E-state index contributed by atoms with van der Waals surface area (Å²) in [6.07, 6.45) is 3.55. The Bertz CT molecular complexity index is 893. The van der Waals surface area contributed by atoms with E-state index in [2.05, 4.69) is 12.2 Å². The van der Waals surface area contributed by atoms with Crippen LogP contribution in [0.1, 0.15) is 23.6 Å². The highest BCUT2D eigenvalue weighted by molar-refractivity contribution is 8.26. The number of rotatable bonds is 7. The van der Waals surface area contributed by atoms with Gasteiger partial charge in [-0.2, -0.15) is 0 Å². The summed E-state index contributed by atoms with van der Waals surface area (Å²) in [7, 11) is 0. The minimum Gasteiger partial charge on any atom is -0.354 e. The molecule has 6 heteroatoms. The molecule has 0 aliphatic carbocycles. The van der Waals surface area contributed by atoms with Crippen molar-refractivity contribution in [1.82, 2.24) is 10.2 Å². The first-order valence-corrected chi connectivity index (χ1v) is 10.4. The lowest BCUT2D eigenvalue weighted by atomic mass is 10.1. The standard InChI is InChI=1S/C22H22N2O2S2/c1-2-16-8-10-18(11-9-16)14-19-21(26)24(22(27)28-19)15-20(25)23-13-12-17-6-4-3-5-7-17/h3-11,14H,2,12-13,15H2,1H3,(H,23,25)/b19-14+. The van der Waals surface area contributed by atoms with Crippen molar-refractivity contribution >= 4 is 46.2 Å². The van der Waals surface area contributed by atoms with Crippen LogP contribution in [0.5, 0.6) is 0 Å². The molecular formula is C22H22N2O2S2. The van der Waals surface area contributed by atoms with Gasteiger partial charge in [-0.25, -0.2) is 0 Å². The van der Waals surface area contributed by atoms with Crippen LogP contribution in [0.4, 0.5) is 0 Å². The van der Waals surface area contributed by atoms with Gasteiger partial charge in [0.1, 0.15) is 10.9 Å². The molecule has 144 valence electrons. The van der Waals surface area contributed by atoms with Gasteiger partial charge in [0, 0.05) is 6.54 Å². The van der Waals surface area contributed by atoms with Crippen molar-refractivity contribution < 1.29 is 9.59 Å². The molecule has 1 heterocycles. The van der Waals surface area contributed by atoms with Crippen LogP contribution in [0.15, 0.2) is 59.5 Å². The van der Waals surface area contributed by atoms with Crippen LogP contribution in [-0.4, -0.2) is 34.1 Å². The van der Waals surface area contributed by atoms with E-state index in [9.17, 15) is 9.59 Å². The van der Waals surface area contributed by atoms with E-state index in [1.54, 1.807) is 0 Å². The molecule has 28 heavy (non-hydrogen) atoms. The molecular weight excluding hydrogens is 388 g/mol. The van der Waals surface area contributed by atoms with Gasteiger partial charge in [-0.05, 0) is 35.6 Å². The molecule has 0 radical (unpaired) electrons. The highest BCUT2D eigenvalue weighted by atomic mass is 32.2. The molecule has 0 aromatic heterocycles. The fourth-order valence-electron chi connectivity index (χ4n) is 2.83. The molecule has 0 atom stereocenters. The summed E-state index contributed by atoms with van der Waals surface area (Å²) in [6.45, 7) is 2.58. The summed E-state index contributed by atoms with van der Waals surface area (Å²) >= 11 is 6.54. The Labute approximate surface area is 175 Å². The number of hydrogen-bond donors (Lipinski definition) is 1. The van der Waals surface area contributed by atoms with E-state index in [1.807, 2.05) is 60.7 Å². The topological polar surface area (TPSA) is 49.4 Å². The summed E-state index contributed by atoms with van der Waals surface area (Å²) in [6, 6.07) is 18.0. The quantitative estimate of drug-likeness (QED) is 0.557.